The van der Waals surface area contributed by atoms with Crippen molar-refractivity contribution in [1.29, 1.82) is 0 Å². The molecule has 4 heteroatoms. The van der Waals surface area contributed by atoms with Gasteiger partial charge in [0.1, 0.15) is 0 Å². The predicted octanol–water partition coefficient (Wildman–Crippen LogP) is 6.24. The Morgan fingerprint density at radius 2 is 1.62 bits per heavy atom. The number of carbonyl (C=O) groups is 1. The number of hydrogen-bond donors (Lipinski definition) is 1. The quantitative estimate of drug-likeness (QED) is 0.582. The second-order valence-corrected chi connectivity index (χ2v) is 11.2. The Balaban J connectivity index is 1.30. The highest BCUT2D eigenvalue weighted by Crippen LogP contribution is 2.30. The second-order valence-electron chi connectivity index (χ2n) is 10.7. The molecule has 1 N–H and O–H groups in total. The maximum Gasteiger partial charge on any atom is 0.251 e. The molecule has 1 heterocycles. The van der Waals surface area contributed by atoms with E-state index in [4.69, 9.17) is 11.6 Å². The number of carbonyl (C=O) groups excluding carboxylic acids is 1. The SMILES string of the molecule is CC(C)(C)c1ccc(C(=O)N[C@@H]2CCC[C@H]2N2CCC(Cc3ccc(Cl)cc3)CC2)cc1. The number of piperidine rings is 1. The van der Waals surface area contributed by atoms with Crippen LogP contribution in [0.2, 0.25) is 5.02 Å². The fourth-order valence-corrected chi connectivity index (χ4v) is 5.49. The molecule has 2 aliphatic rings. The maximum absolute atomic E-state index is 12.9. The summed E-state index contributed by atoms with van der Waals surface area (Å²) in [6.07, 6.45) is 7.07. The number of amides is 1. The summed E-state index contributed by atoms with van der Waals surface area (Å²) in [4.78, 5) is 15.6. The minimum atomic E-state index is 0.0694. The van der Waals surface area contributed by atoms with Crippen LogP contribution < -0.4 is 5.32 Å². The van der Waals surface area contributed by atoms with Crippen molar-refractivity contribution in [2.75, 3.05) is 13.1 Å². The fourth-order valence-electron chi connectivity index (χ4n) is 5.36. The van der Waals surface area contributed by atoms with Gasteiger partial charge in [-0.3, -0.25) is 9.69 Å². The highest BCUT2D eigenvalue weighted by molar-refractivity contribution is 6.30. The summed E-state index contributed by atoms with van der Waals surface area (Å²) in [5.41, 5.74) is 3.52. The summed E-state index contributed by atoms with van der Waals surface area (Å²) in [5.74, 6) is 0.809. The molecule has 1 aliphatic carbocycles. The van der Waals surface area contributed by atoms with E-state index >= 15 is 0 Å². The largest absolute Gasteiger partial charge is 0.348 e. The van der Waals surface area contributed by atoms with Crippen LogP contribution in [0.25, 0.3) is 0 Å². The number of halogens is 1. The molecule has 1 amide bonds. The van der Waals surface area contributed by atoms with E-state index in [2.05, 4.69) is 55.3 Å². The van der Waals surface area contributed by atoms with Gasteiger partial charge in [-0.2, -0.15) is 0 Å². The Labute approximate surface area is 198 Å². The third-order valence-corrected chi connectivity index (χ3v) is 7.62. The number of likely N-dealkylation sites (tertiary alicyclic amines) is 1. The average Bonchev–Trinajstić information content (AvgIpc) is 3.23. The molecular weight excluding hydrogens is 416 g/mol. The van der Waals surface area contributed by atoms with Gasteiger partial charge in [0, 0.05) is 22.7 Å². The Kier molecular flexibility index (Phi) is 7.27. The van der Waals surface area contributed by atoms with Crippen molar-refractivity contribution in [2.45, 2.75) is 76.8 Å². The molecule has 2 aromatic rings. The van der Waals surface area contributed by atoms with Gasteiger partial charge >= 0.3 is 0 Å². The molecule has 0 spiro atoms. The molecule has 32 heavy (non-hydrogen) atoms. The summed E-state index contributed by atoms with van der Waals surface area (Å²) in [6, 6.07) is 17.2. The number of rotatable bonds is 5. The smallest absolute Gasteiger partial charge is 0.251 e. The van der Waals surface area contributed by atoms with E-state index in [0.717, 1.165) is 42.4 Å². The lowest BCUT2D eigenvalue weighted by Crippen LogP contribution is -2.51. The zero-order chi connectivity index (χ0) is 22.7. The minimum absolute atomic E-state index is 0.0694. The molecule has 172 valence electrons. The lowest BCUT2D eigenvalue weighted by atomic mass is 9.86. The number of hydrogen-bond acceptors (Lipinski definition) is 2. The van der Waals surface area contributed by atoms with E-state index in [1.165, 1.54) is 36.8 Å². The van der Waals surface area contributed by atoms with Crippen molar-refractivity contribution in [3.05, 3.63) is 70.2 Å². The first-order valence-corrected chi connectivity index (χ1v) is 12.6. The molecular formula is C28H37ClN2O. The van der Waals surface area contributed by atoms with E-state index in [-0.39, 0.29) is 17.4 Å². The van der Waals surface area contributed by atoms with Crippen LogP contribution in [0.4, 0.5) is 0 Å². The van der Waals surface area contributed by atoms with Crippen molar-refractivity contribution in [3.8, 4) is 0 Å². The molecule has 1 saturated heterocycles. The lowest BCUT2D eigenvalue weighted by Gasteiger charge is -2.38. The minimum Gasteiger partial charge on any atom is -0.348 e. The first-order valence-electron chi connectivity index (χ1n) is 12.2. The van der Waals surface area contributed by atoms with Gasteiger partial charge in [-0.1, -0.05) is 56.6 Å². The Morgan fingerprint density at radius 1 is 0.969 bits per heavy atom. The summed E-state index contributed by atoms with van der Waals surface area (Å²) >= 11 is 6.02. The highest BCUT2D eigenvalue weighted by Gasteiger charge is 2.35. The van der Waals surface area contributed by atoms with E-state index in [1.54, 1.807) is 0 Å². The van der Waals surface area contributed by atoms with Crippen molar-refractivity contribution in [1.82, 2.24) is 10.2 Å². The summed E-state index contributed by atoms with van der Waals surface area (Å²) in [6.45, 7) is 8.86. The third kappa shape index (κ3) is 5.74. The van der Waals surface area contributed by atoms with E-state index in [0.29, 0.717) is 6.04 Å². The number of nitrogens with zero attached hydrogens (tertiary/aromatic N) is 1. The summed E-state index contributed by atoms with van der Waals surface area (Å²) in [5, 5.41) is 4.17. The topological polar surface area (TPSA) is 32.3 Å². The Hall–Kier alpha value is -1.84. The van der Waals surface area contributed by atoms with Crippen LogP contribution in [-0.2, 0) is 11.8 Å². The van der Waals surface area contributed by atoms with Gasteiger partial charge in [0.25, 0.3) is 5.91 Å². The average molecular weight is 453 g/mol. The van der Waals surface area contributed by atoms with Crippen molar-refractivity contribution >= 4 is 17.5 Å². The maximum atomic E-state index is 12.9. The molecule has 4 rings (SSSR count). The molecule has 0 radical (unpaired) electrons. The van der Waals surface area contributed by atoms with Crippen LogP contribution in [-0.4, -0.2) is 36.0 Å². The predicted molar refractivity (Wildman–Crippen MR) is 133 cm³/mol. The number of benzene rings is 2. The first kappa shape index (κ1) is 23.3. The van der Waals surface area contributed by atoms with Crippen LogP contribution in [0.15, 0.2) is 48.5 Å². The molecule has 0 aromatic heterocycles. The summed E-state index contributed by atoms with van der Waals surface area (Å²) in [7, 11) is 0. The molecule has 2 fully saturated rings. The fraction of sp³-hybridized carbons (Fsp3) is 0.536. The van der Waals surface area contributed by atoms with Gasteiger partial charge in [0.15, 0.2) is 0 Å². The van der Waals surface area contributed by atoms with Gasteiger partial charge in [-0.15, -0.1) is 0 Å². The van der Waals surface area contributed by atoms with Gasteiger partial charge < -0.3 is 5.32 Å². The monoisotopic (exact) mass is 452 g/mol. The molecule has 1 saturated carbocycles. The van der Waals surface area contributed by atoms with Crippen LogP contribution >= 0.6 is 11.6 Å². The van der Waals surface area contributed by atoms with Crippen LogP contribution in [0, 0.1) is 5.92 Å². The van der Waals surface area contributed by atoms with Crippen LogP contribution in [0.1, 0.15) is 74.4 Å². The molecule has 0 bridgehead atoms. The lowest BCUT2D eigenvalue weighted by molar-refractivity contribution is 0.0862. The van der Waals surface area contributed by atoms with Crippen molar-refractivity contribution in [3.63, 3.8) is 0 Å². The Bertz CT molecular complexity index is 893. The molecule has 1 aliphatic heterocycles. The van der Waals surface area contributed by atoms with Crippen molar-refractivity contribution < 1.29 is 4.79 Å². The van der Waals surface area contributed by atoms with E-state index in [1.807, 2.05) is 24.3 Å². The Morgan fingerprint density at radius 3 is 2.25 bits per heavy atom. The van der Waals surface area contributed by atoms with Gasteiger partial charge in [-0.25, -0.2) is 0 Å². The van der Waals surface area contributed by atoms with E-state index in [9.17, 15) is 4.79 Å². The zero-order valence-corrected chi connectivity index (χ0v) is 20.5. The zero-order valence-electron chi connectivity index (χ0n) is 19.7. The molecule has 3 nitrogen and oxygen atoms in total. The first-order chi connectivity index (χ1) is 15.3. The van der Waals surface area contributed by atoms with E-state index < -0.39 is 0 Å². The second kappa shape index (κ2) is 9.97. The highest BCUT2D eigenvalue weighted by atomic mass is 35.5. The van der Waals surface area contributed by atoms with Gasteiger partial charge in [-0.05, 0) is 98.3 Å². The standard InChI is InChI=1S/C28H37ClN2O/c1-28(2,3)23-11-9-22(10-12-23)27(32)30-25-5-4-6-26(25)31-17-15-21(16-18-31)19-20-7-13-24(29)14-8-20/h7-14,21,25-26H,4-6,15-19H2,1-3H3,(H,30,32)/t25-,26-/m1/s1. The molecule has 2 atom stereocenters. The molecule has 2 aromatic carbocycles. The van der Waals surface area contributed by atoms with Gasteiger partial charge in [0.05, 0.1) is 0 Å². The van der Waals surface area contributed by atoms with Crippen molar-refractivity contribution in [2.24, 2.45) is 5.92 Å². The van der Waals surface area contributed by atoms with Gasteiger partial charge in [0.2, 0.25) is 0 Å². The third-order valence-electron chi connectivity index (χ3n) is 7.36. The normalized spacial score (nSPS) is 22.8. The van der Waals surface area contributed by atoms with Crippen LogP contribution in [0.5, 0.6) is 0 Å². The molecule has 0 unspecified atom stereocenters. The summed E-state index contributed by atoms with van der Waals surface area (Å²) < 4.78 is 0. The van der Waals surface area contributed by atoms with Crippen LogP contribution in [0.3, 0.4) is 0 Å². The number of nitrogens with one attached hydrogen (secondary N) is 1.